The standard InChI is InChI=1S/C16H23ClN2/c1-12-4-3-9-16(10-12,11-17)19-15-8-7-13-5-2-6-14(13)18-15/h7-8,12H,2-6,9-11H2,1H3,(H,18,19). The van der Waals surface area contributed by atoms with E-state index < -0.39 is 0 Å². The van der Waals surface area contributed by atoms with E-state index in [2.05, 4.69) is 24.4 Å². The number of pyridine rings is 1. The third kappa shape index (κ3) is 2.74. The third-order valence-corrected chi connectivity index (χ3v) is 5.18. The molecule has 2 unspecified atom stereocenters. The molecule has 0 radical (unpaired) electrons. The average Bonchev–Trinajstić information content (AvgIpc) is 2.86. The summed E-state index contributed by atoms with van der Waals surface area (Å²) >= 11 is 6.28. The molecule has 0 amide bonds. The Morgan fingerprint density at radius 1 is 1.37 bits per heavy atom. The fourth-order valence-corrected chi connectivity index (χ4v) is 4.00. The number of alkyl halides is 1. The summed E-state index contributed by atoms with van der Waals surface area (Å²) in [5.41, 5.74) is 2.78. The number of hydrogen-bond donors (Lipinski definition) is 1. The number of anilines is 1. The number of halogens is 1. The maximum atomic E-state index is 6.28. The Hall–Kier alpha value is -0.760. The zero-order valence-electron chi connectivity index (χ0n) is 11.7. The number of aryl methyl sites for hydroxylation is 2. The molecule has 1 heterocycles. The van der Waals surface area contributed by atoms with Crippen LogP contribution < -0.4 is 5.32 Å². The fourth-order valence-electron chi connectivity index (χ4n) is 3.69. The largest absolute Gasteiger partial charge is 0.363 e. The highest BCUT2D eigenvalue weighted by molar-refractivity contribution is 6.18. The van der Waals surface area contributed by atoms with Gasteiger partial charge in [-0.05, 0) is 49.7 Å². The van der Waals surface area contributed by atoms with Gasteiger partial charge in [-0.3, -0.25) is 0 Å². The van der Waals surface area contributed by atoms with Gasteiger partial charge in [0.05, 0.1) is 5.54 Å². The normalized spacial score (nSPS) is 30.1. The second-order valence-corrected chi connectivity index (χ2v) is 6.66. The summed E-state index contributed by atoms with van der Waals surface area (Å²) in [7, 11) is 0. The van der Waals surface area contributed by atoms with Crippen LogP contribution >= 0.6 is 11.6 Å². The Morgan fingerprint density at radius 2 is 2.26 bits per heavy atom. The Balaban J connectivity index is 1.79. The van der Waals surface area contributed by atoms with Gasteiger partial charge in [0.1, 0.15) is 5.82 Å². The minimum atomic E-state index is 0.0546. The molecule has 3 heteroatoms. The molecule has 2 aliphatic rings. The first kappa shape index (κ1) is 13.2. The zero-order chi connectivity index (χ0) is 13.3. The lowest BCUT2D eigenvalue weighted by atomic mass is 9.77. The van der Waals surface area contributed by atoms with E-state index in [1.54, 1.807) is 0 Å². The van der Waals surface area contributed by atoms with Crippen LogP contribution in [0.4, 0.5) is 5.82 Å². The Bertz CT molecular complexity index is 460. The van der Waals surface area contributed by atoms with Crippen molar-refractivity contribution in [2.24, 2.45) is 5.92 Å². The molecule has 19 heavy (non-hydrogen) atoms. The highest BCUT2D eigenvalue weighted by Crippen LogP contribution is 2.36. The lowest BCUT2D eigenvalue weighted by Gasteiger charge is -2.39. The van der Waals surface area contributed by atoms with Crippen molar-refractivity contribution < 1.29 is 0 Å². The highest BCUT2D eigenvalue weighted by atomic mass is 35.5. The van der Waals surface area contributed by atoms with Crippen LogP contribution in [-0.4, -0.2) is 16.4 Å². The van der Waals surface area contributed by atoms with Crippen molar-refractivity contribution in [3.05, 3.63) is 23.4 Å². The second-order valence-electron chi connectivity index (χ2n) is 6.40. The van der Waals surface area contributed by atoms with E-state index in [0.29, 0.717) is 5.88 Å². The smallest absolute Gasteiger partial charge is 0.126 e. The van der Waals surface area contributed by atoms with E-state index in [0.717, 1.165) is 24.6 Å². The van der Waals surface area contributed by atoms with E-state index in [1.165, 1.54) is 43.4 Å². The highest BCUT2D eigenvalue weighted by Gasteiger charge is 2.34. The molecule has 2 aliphatic carbocycles. The summed E-state index contributed by atoms with van der Waals surface area (Å²) in [5, 5.41) is 3.66. The number of hydrogen-bond acceptors (Lipinski definition) is 2. The summed E-state index contributed by atoms with van der Waals surface area (Å²) in [6.45, 7) is 2.33. The van der Waals surface area contributed by atoms with Crippen LogP contribution in [0.5, 0.6) is 0 Å². The molecule has 1 aromatic heterocycles. The first-order valence-corrected chi connectivity index (χ1v) is 8.07. The number of fused-ring (bicyclic) bond motifs is 1. The molecule has 104 valence electrons. The molecule has 2 atom stereocenters. The van der Waals surface area contributed by atoms with Crippen LogP contribution in [0.1, 0.15) is 50.3 Å². The summed E-state index contributed by atoms with van der Waals surface area (Å²) in [6.07, 6.45) is 8.51. The fraction of sp³-hybridized carbons (Fsp3) is 0.688. The molecule has 1 aromatic rings. The van der Waals surface area contributed by atoms with E-state index in [-0.39, 0.29) is 5.54 Å². The zero-order valence-corrected chi connectivity index (χ0v) is 12.5. The average molecular weight is 279 g/mol. The van der Waals surface area contributed by atoms with Gasteiger partial charge in [0.2, 0.25) is 0 Å². The van der Waals surface area contributed by atoms with Crippen molar-refractivity contribution in [3.8, 4) is 0 Å². The number of aromatic nitrogens is 1. The van der Waals surface area contributed by atoms with Crippen LogP contribution in [0.25, 0.3) is 0 Å². The number of nitrogens with zero attached hydrogens (tertiary/aromatic N) is 1. The number of rotatable bonds is 3. The molecule has 0 spiro atoms. The molecular weight excluding hydrogens is 256 g/mol. The van der Waals surface area contributed by atoms with Crippen molar-refractivity contribution in [3.63, 3.8) is 0 Å². The van der Waals surface area contributed by atoms with E-state index >= 15 is 0 Å². The van der Waals surface area contributed by atoms with Crippen LogP contribution in [0, 0.1) is 5.92 Å². The van der Waals surface area contributed by atoms with E-state index in [1.807, 2.05) is 0 Å². The maximum absolute atomic E-state index is 6.28. The van der Waals surface area contributed by atoms with Crippen LogP contribution in [0.15, 0.2) is 12.1 Å². The van der Waals surface area contributed by atoms with Crippen LogP contribution in [0.2, 0.25) is 0 Å². The number of nitrogens with one attached hydrogen (secondary N) is 1. The van der Waals surface area contributed by atoms with Crippen molar-refractivity contribution in [1.29, 1.82) is 0 Å². The SMILES string of the molecule is CC1CCCC(CCl)(Nc2ccc3c(n2)CCC3)C1. The van der Waals surface area contributed by atoms with Crippen molar-refractivity contribution in [1.82, 2.24) is 4.98 Å². The molecule has 3 rings (SSSR count). The minimum absolute atomic E-state index is 0.0546. The molecule has 0 aliphatic heterocycles. The van der Waals surface area contributed by atoms with Gasteiger partial charge >= 0.3 is 0 Å². The third-order valence-electron chi connectivity index (χ3n) is 4.67. The topological polar surface area (TPSA) is 24.9 Å². The van der Waals surface area contributed by atoms with Gasteiger partial charge in [0.15, 0.2) is 0 Å². The molecule has 1 N–H and O–H groups in total. The Kier molecular flexibility index (Phi) is 3.70. The lowest BCUT2D eigenvalue weighted by molar-refractivity contribution is 0.279. The van der Waals surface area contributed by atoms with Gasteiger partial charge in [-0.1, -0.05) is 25.8 Å². The lowest BCUT2D eigenvalue weighted by Crippen LogP contribution is -2.44. The molecule has 1 fully saturated rings. The summed E-state index contributed by atoms with van der Waals surface area (Å²) < 4.78 is 0. The van der Waals surface area contributed by atoms with Gasteiger partial charge < -0.3 is 5.32 Å². The summed E-state index contributed by atoms with van der Waals surface area (Å²) in [6, 6.07) is 4.38. The molecule has 1 saturated carbocycles. The molecular formula is C16H23ClN2. The minimum Gasteiger partial charge on any atom is -0.363 e. The first-order chi connectivity index (χ1) is 9.21. The van der Waals surface area contributed by atoms with Gasteiger partial charge in [-0.25, -0.2) is 4.98 Å². The van der Waals surface area contributed by atoms with Crippen molar-refractivity contribution >= 4 is 17.4 Å². The first-order valence-electron chi connectivity index (χ1n) is 7.54. The molecule has 2 nitrogen and oxygen atoms in total. The Labute approximate surface area is 121 Å². The quantitative estimate of drug-likeness (QED) is 0.840. The van der Waals surface area contributed by atoms with E-state index in [9.17, 15) is 0 Å². The summed E-state index contributed by atoms with van der Waals surface area (Å²) in [4.78, 5) is 4.80. The maximum Gasteiger partial charge on any atom is 0.126 e. The monoisotopic (exact) mass is 278 g/mol. The molecule has 0 bridgehead atoms. The van der Waals surface area contributed by atoms with Crippen molar-refractivity contribution in [2.45, 2.75) is 57.4 Å². The van der Waals surface area contributed by atoms with Gasteiger partial charge in [0, 0.05) is 11.6 Å². The summed E-state index contributed by atoms with van der Waals surface area (Å²) in [5.74, 6) is 2.46. The van der Waals surface area contributed by atoms with Crippen molar-refractivity contribution in [2.75, 3.05) is 11.2 Å². The van der Waals surface area contributed by atoms with Crippen LogP contribution in [-0.2, 0) is 12.8 Å². The van der Waals surface area contributed by atoms with Gasteiger partial charge in [0.25, 0.3) is 0 Å². The molecule has 0 aromatic carbocycles. The molecule has 0 saturated heterocycles. The predicted molar refractivity (Wildman–Crippen MR) is 81.0 cm³/mol. The van der Waals surface area contributed by atoms with Crippen LogP contribution in [0.3, 0.4) is 0 Å². The van der Waals surface area contributed by atoms with Gasteiger partial charge in [-0.15, -0.1) is 11.6 Å². The second kappa shape index (κ2) is 5.32. The van der Waals surface area contributed by atoms with E-state index in [4.69, 9.17) is 16.6 Å². The predicted octanol–water partition coefficient (Wildman–Crippen LogP) is 4.17. The Morgan fingerprint density at radius 3 is 3.05 bits per heavy atom. The van der Waals surface area contributed by atoms with Gasteiger partial charge in [-0.2, -0.15) is 0 Å².